The number of pyridine rings is 2. The molecule has 356 valence electrons. The van der Waals surface area contributed by atoms with Crippen molar-refractivity contribution in [2.24, 2.45) is 17.3 Å². The van der Waals surface area contributed by atoms with Crippen molar-refractivity contribution in [3.05, 3.63) is 95.6 Å². The van der Waals surface area contributed by atoms with Crippen molar-refractivity contribution >= 4 is 47.8 Å². The maximum Gasteiger partial charge on any atom is 0.340 e. The first-order valence-corrected chi connectivity index (χ1v) is 21.4. The van der Waals surface area contributed by atoms with Crippen molar-refractivity contribution < 1.29 is 86.1 Å². The van der Waals surface area contributed by atoms with Gasteiger partial charge in [-0.1, -0.05) is 32.0 Å². The van der Waals surface area contributed by atoms with Crippen molar-refractivity contribution in [2.45, 2.75) is 115 Å². The average Bonchev–Trinajstić information content (AvgIpc) is 3.51. The molecule has 1 aromatic carbocycles. The SMILES string of the molecule is CC(=O)OC[C@]12[C@H](OC(C)=O)[C@H](OC(C)=O)[C@H]3[C@@H](OC(=O)c4ccccc4)[C@@]14O[C@@]3(C)COC(=O)c1cccnc1[C@H](C)[C@H](C)C(=O)O[C@@H]([C@H](OC(=O)c1cccnc1)[C@@H]2OC(C)=O)[C@]4(C)O. The lowest BCUT2D eigenvalue weighted by Gasteiger charge is -2.67. The first-order chi connectivity index (χ1) is 31.6. The zero-order valence-electron chi connectivity index (χ0n) is 37.8. The van der Waals surface area contributed by atoms with Crippen LogP contribution in [0.3, 0.4) is 0 Å². The van der Waals surface area contributed by atoms with Gasteiger partial charge in [0.15, 0.2) is 30.0 Å². The van der Waals surface area contributed by atoms with Crippen LogP contribution in [0.4, 0.5) is 0 Å². The molecule has 1 saturated heterocycles. The lowest BCUT2D eigenvalue weighted by Crippen LogP contribution is -2.89. The molecule has 0 unspecified atom stereocenters. The molecule has 20 heteroatoms. The fourth-order valence-corrected chi connectivity index (χ4v) is 10.3. The third kappa shape index (κ3) is 8.15. The van der Waals surface area contributed by atoms with Crippen molar-refractivity contribution in [3.8, 4) is 0 Å². The second-order valence-corrected chi connectivity index (χ2v) is 17.5. The Morgan fingerprint density at radius 1 is 0.716 bits per heavy atom. The molecule has 2 aliphatic carbocycles. The van der Waals surface area contributed by atoms with Gasteiger partial charge < -0.3 is 47.7 Å². The molecule has 3 aromatic rings. The molecule has 20 nitrogen and oxygen atoms in total. The van der Waals surface area contributed by atoms with Crippen molar-refractivity contribution in [1.29, 1.82) is 0 Å². The molecule has 1 spiro atoms. The number of aromatic nitrogens is 2. The topological polar surface area (TPSA) is 266 Å². The van der Waals surface area contributed by atoms with Crippen LogP contribution >= 0.6 is 0 Å². The van der Waals surface area contributed by atoms with Gasteiger partial charge in [-0.15, -0.1) is 0 Å². The number of esters is 8. The van der Waals surface area contributed by atoms with Gasteiger partial charge in [0.25, 0.3) is 0 Å². The first-order valence-electron chi connectivity index (χ1n) is 21.4. The van der Waals surface area contributed by atoms with Gasteiger partial charge in [0, 0.05) is 52.2 Å². The third-order valence-electron chi connectivity index (χ3n) is 13.2. The minimum absolute atomic E-state index is 0.0424. The maximum absolute atomic E-state index is 14.8. The maximum atomic E-state index is 14.8. The molecule has 0 amide bonds. The lowest BCUT2D eigenvalue weighted by molar-refractivity contribution is -0.385. The van der Waals surface area contributed by atoms with Gasteiger partial charge in [0.1, 0.15) is 42.0 Å². The zero-order valence-corrected chi connectivity index (χ0v) is 37.8. The second-order valence-electron chi connectivity index (χ2n) is 17.5. The molecule has 2 aromatic heterocycles. The van der Waals surface area contributed by atoms with E-state index in [4.69, 9.17) is 42.6 Å². The number of cyclic esters (lactones) is 1. The summed E-state index contributed by atoms with van der Waals surface area (Å²) < 4.78 is 56.4. The molecule has 2 aliphatic heterocycles. The predicted molar refractivity (Wildman–Crippen MR) is 223 cm³/mol. The van der Waals surface area contributed by atoms with Gasteiger partial charge in [-0.3, -0.25) is 33.9 Å². The number of rotatable bonds is 9. The Morgan fingerprint density at radius 2 is 1.33 bits per heavy atom. The van der Waals surface area contributed by atoms with Crippen molar-refractivity contribution in [2.75, 3.05) is 13.2 Å². The molecular formula is C47H50N2O18. The van der Waals surface area contributed by atoms with Gasteiger partial charge in [0.05, 0.1) is 34.2 Å². The minimum atomic E-state index is -2.94. The Balaban J connectivity index is 1.64. The Hall–Kier alpha value is -6.80. The Labute approximate surface area is 383 Å². The van der Waals surface area contributed by atoms with Crippen LogP contribution in [0.5, 0.6) is 0 Å². The fraction of sp³-hybridized carbons (Fsp3) is 0.489. The summed E-state index contributed by atoms with van der Waals surface area (Å²) in [6, 6.07) is 13.2. The van der Waals surface area contributed by atoms with Crippen molar-refractivity contribution in [3.63, 3.8) is 0 Å². The van der Waals surface area contributed by atoms with Crippen LogP contribution in [-0.4, -0.2) is 129 Å². The number of ether oxygens (including phenoxy) is 9. The summed E-state index contributed by atoms with van der Waals surface area (Å²) in [6.45, 7) is 7.58. The average molecular weight is 931 g/mol. The van der Waals surface area contributed by atoms with Crippen LogP contribution < -0.4 is 0 Å². The van der Waals surface area contributed by atoms with Crippen LogP contribution in [0.15, 0.2) is 73.2 Å². The third-order valence-corrected chi connectivity index (χ3v) is 13.2. The molecule has 4 aliphatic rings. The molecule has 4 heterocycles. The van der Waals surface area contributed by atoms with E-state index < -0.39 is 138 Å². The number of fused-ring (bicyclic) bond motifs is 5. The summed E-state index contributed by atoms with van der Waals surface area (Å²) in [7, 11) is 0. The molecule has 2 saturated carbocycles. The molecule has 67 heavy (non-hydrogen) atoms. The van der Waals surface area contributed by atoms with E-state index in [1.54, 1.807) is 13.0 Å². The number of hydrogen-bond acceptors (Lipinski definition) is 20. The lowest BCUT2D eigenvalue weighted by atomic mass is 9.45. The number of hydrogen-bond donors (Lipinski definition) is 1. The van der Waals surface area contributed by atoms with E-state index in [-0.39, 0.29) is 22.4 Å². The smallest absolute Gasteiger partial charge is 0.340 e. The first kappa shape index (κ1) is 48.1. The number of benzene rings is 1. The molecular weight excluding hydrogens is 881 g/mol. The highest BCUT2D eigenvalue weighted by Gasteiger charge is 2.92. The van der Waals surface area contributed by atoms with E-state index in [1.807, 2.05) is 0 Å². The fourth-order valence-electron chi connectivity index (χ4n) is 10.3. The number of carbonyl (C=O) groups is 8. The van der Waals surface area contributed by atoms with Crippen LogP contribution in [0, 0.1) is 17.3 Å². The summed E-state index contributed by atoms with van der Waals surface area (Å²) >= 11 is 0. The summed E-state index contributed by atoms with van der Waals surface area (Å²) in [5.74, 6) is -12.2. The summed E-state index contributed by atoms with van der Waals surface area (Å²) in [5.41, 5.74) is -10.8. The van der Waals surface area contributed by atoms with Crippen LogP contribution in [0.1, 0.15) is 98.1 Å². The highest BCUT2D eigenvalue weighted by Crippen LogP contribution is 2.70. The Kier molecular flexibility index (Phi) is 13.0. The Morgan fingerprint density at radius 3 is 1.94 bits per heavy atom. The van der Waals surface area contributed by atoms with E-state index in [0.29, 0.717) is 0 Å². The highest BCUT2D eigenvalue weighted by molar-refractivity contribution is 5.92. The molecule has 7 rings (SSSR count). The molecule has 4 bridgehead atoms. The van der Waals surface area contributed by atoms with Crippen LogP contribution in [0.25, 0.3) is 0 Å². The van der Waals surface area contributed by atoms with E-state index in [2.05, 4.69) is 9.97 Å². The zero-order chi connectivity index (χ0) is 48.8. The van der Waals surface area contributed by atoms with Crippen LogP contribution in [0.2, 0.25) is 0 Å². The van der Waals surface area contributed by atoms with Crippen LogP contribution in [-0.2, 0) is 66.6 Å². The van der Waals surface area contributed by atoms with E-state index >= 15 is 0 Å². The Bertz CT molecular complexity index is 2460. The van der Waals surface area contributed by atoms with Gasteiger partial charge in [-0.05, 0) is 50.2 Å². The number of aliphatic hydroxyl groups is 1. The minimum Gasteiger partial charge on any atom is -0.465 e. The molecule has 1 N–H and O–H groups in total. The van der Waals surface area contributed by atoms with Gasteiger partial charge in [-0.25, -0.2) is 14.4 Å². The highest BCUT2D eigenvalue weighted by atomic mass is 16.7. The standard InChI is InChI=1S/C47H50N2O18/c1-23-24(2)40(54)66-37-35(64-42(56)30-16-12-18-48-20-30)39(63-28(6)53)46(22-59-25(3)50)38(62-27(5)52)34(61-26(4)51)32-36(65-41(55)29-14-10-9-11-15-29)47(46,45(37,8)58)67-44(32,7)21-60-43(57)31-17-13-19-49-33(23)31/h9-20,23-24,32,34-39,58H,21-22H2,1-8H3/t23-,24+,32+,34-,35+,36-,37+,38-,39+,44+,45+,46-,47+/m1/s1. The van der Waals surface area contributed by atoms with E-state index in [1.165, 1.54) is 74.8 Å². The van der Waals surface area contributed by atoms with E-state index in [0.717, 1.165) is 40.8 Å². The summed E-state index contributed by atoms with van der Waals surface area (Å²) in [5, 5.41) is 13.9. The van der Waals surface area contributed by atoms with E-state index in [9.17, 15) is 43.5 Å². The quantitative estimate of drug-likeness (QED) is 0.239. The summed E-state index contributed by atoms with van der Waals surface area (Å²) in [6.07, 6.45) is -8.69. The largest absolute Gasteiger partial charge is 0.465 e. The monoisotopic (exact) mass is 930 g/mol. The number of carbonyl (C=O) groups excluding carboxylic acids is 8. The number of nitrogens with zero attached hydrogens (tertiary/aromatic N) is 2. The molecule has 13 atom stereocenters. The van der Waals surface area contributed by atoms with Crippen molar-refractivity contribution in [1.82, 2.24) is 9.97 Å². The predicted octanol–water partition coefficient (Wildman–Crippen LogP) is 3.02. The summed E-state index contributed by atoms with van der Waals surface area (Å²) in [4.78, 5) is 120. The van der Waals surface area contributed by atoms with Gasteiger partial charge >= 0.3 is 47.8 Å². The van der Waals surface area contributed by atoms with Gasteiger partial charge in [-0.2, -0.15) is 0 Å². The normalized spacial score (nSPS) is 34.1. The molecule has 3 fully saturated rings. The second kappa shape index (κ2) is 18.1. The van der Waals surface area contributed by atoms with Gasteiger partial charge in [0.2, 0.25) is 0 Å². The molecule has 0 radical (unpaired) electrons.